The third-order valence-electron chi connectivity index (χ3n) is 4.11. The molecule has 0 aliphatic carbocycles. The van der Waals surface area contributed by atoms with Crippen LogP contribution >= 0.6 is 0 Å². The molecule has 2 aliphatic heterocycles. The molecule has 0 bridgehead atoms. The summed E-state index contributed by atoms with van der Waals surface area (Å²) in [5.41, 5.74) is 7.25. The van der Waals surface area contributed by atoms with Crippen LogP contribution in [0.4, 0.5) is 5.69 Å². The first-order valence-corrected chi connectivity index (χ1v) is 7.67. The van der Waals surface area contributed by atoms with E-state index in [1.54, 1.807) is 0 Å². The van der Waals surface area contributed by atoms with Crippen LogP contribution in [-0.2, 0) is 4.74 Å². The van der Waals surface area contributed by atoms with Gasteiger partial charge in [-0.2, -0.15) is 0 Å². The fraction of sp³-hybridized carbons (Fsp3) is 0.625. The Kier molecular flexibility index (Phi) is 4.43. The molecular formula is C16H24N2O2. The van der Waals surface area contributed by atoms with Crippen molar-refractivity contribution in [3.05, 3.63) is 24.3 Å². The number of nitrogens with zero attached hydrogens (tertiary/aromatic N) is 1. The number of rotatable bonds is 4. The third-order valence-corrected chi connectivity index (χ3v) is 4.11. The van der Waals surface area contributed by atoms with Gasteiger partial charge in [-0.15, -0.1) is 0 Å². The maximum atomic E-state index is 6.08. The quantitative estimate of drug-likeness (QED) is 0.915. The van der Waals surface area contributed by atoms with E-state index in [-0.39, 0.29) is 12.1 Å². The van der Waals surface area contributed by atoms with Crippen molar-refractivity contribution in [3.63, 3.8) is 0 Å². The maximum absolute atomic E-state index is 6.08. The zero-order valence-electron chi connectivity index (χ0n) is 12.0. The van der Waals surface area contributed by atoms with Gasteiger partial charge in [0.2, 0.25) is 0 Å². The van der Waals surface area contributed by atoms with Gasteiger partial charge < -0.3 is 20.1 Å². The molecule has 0 amide bonds. The standard InChI is InChI=1S/C16H24N2O2/c17-13-5-3-9-18(11-13)15-7-1-2-8-16(15)20-12-14-6-4-10-19-14/h1-2,7-8,13-14H,3-6,9-12,17H2. The van der Waals surface area contributed by atoms with Crippen LogP contribution in [0.25, 0.3) is 0 Å². The van der Waals surface area contributed by atoms with Gasteiger partial charge in [0.1, 0.15) is 12.4 Å². The number of benzene rings is 1. The van der Waals surface area contributed by atoms with Crippen molar-refractivity contribution in [1.82, 2.24) is 0 Å². The van der Waals surface area contributed by atoms with Crippen LogP contribution in [-0.4, -0.2) is 38.4 Å². The van der Waals surface area contributed by atoms with Crippen molar-refractivity contribution >= 4 is 5.69 Å². The molecule has 0 saturated carbocycles. The summed E-state index contributed by atoms with van der Waals surface area (Å²) in [5, 5.41) is 0. The molecular weight excluding hydrogens is 252 g/mol. The summed E-state index contributed by atoms with van der Waals surface area (Å²) >= 11 is 0. The second-order valence-corrected chi connectivity index (χ2v) is 5.76. The molecule has 0 radical (unpaired) electrons. The molecule has 2 fully saturated rings. The average Bonchev–Trinajstić information content (AvgIpc) is 2.99. The van der Waals surface area contributed by atoms with Gasteiger partial charge >= 0.3 is 0 Å². The number of anilines is 1. The van der Waals surface area contributed by atoms with Crippen LogP contribution < -0.4 is 15.4 Å². The average molecular weight is 276 g/mol. The van der Waals surface area contributed by atoms with Crippen molar-refractivity contribution < 1.29 is 9.47 Å². The first-order valence-electron chi connectivity index (χ1n) is 7.67. The van der Waals surface area contributed by atoms with Crippen LogP contribution in [0.3, 0.4) is 0 Å². The zero-order valence-corrected chi connectivity index (χ0v) is 12.0. The Morgan fingerprint density at radius 3 is 2.95 bits per heavy atom. The molecule has 0 aromatic heterocycles. The Hall–Kier alpha value is -1.26. The molecule has 20 heavy (non-hydrogen) atoms. The highest BCUT2D eigenvalue weighted by molar-refractivity contribution is 5.58. The van der Waals surface area contributed by atoms with Gasteiger partial charge in [0.15, 0.2) is 0 Å². The lowest BCUT2D eigenvalue weighted by Gasteiger charge is -2.33. The highest BCUT2D eigenvalue weighted by Crippen LogP contribution is 2.30. The monoisotopic (exact) mass is 276 g/mol. The molecule has 0 spiro atoms. The van der Waals surface area contributed by atoms with Crippen molar-refractivity contribution in [2.24, 2.45) is 5.73 Å². The number of hydrogen-bond acceptors (Lipinski definition) is 4. The van der Waals surface area contributed by atoms with E-state index in [0.29, 0.717) is 6.61 Å². The van der Waals surface area contributed by atoms with Crippen LogP contribution in [0.1, 0.15) is 25.7 Å². The van der Waals surface area contributed by atoms with Crippen LogP contribution in [0.15, 0.2) is 24.3 Å². The van der Waals surface area contributed by atoms with E-state index in [0.717, 1.165) is 51.1 Å². The second-order valence-electron chi connectivity index (χ2n) is 5.76. The van der Waals surface area contributed by atoms with Gasteiger partial charge in [0, 0.05) is 25.7 Å². The molecule has 2 heterocycles. The van der Waals surface area contributed by atoms with Gasteiger partial charge in [-0.25, -0.2) is 0 Å². The van der Waals surface area contributed by atoms with Crippen molar-refractivity contribution in [2.75, 3.05) is 31.2 Å². The molecule has 4 heteroatoms. The third kappa shape index (κ3) is 3.25. The summed E-state index contributed by atoms with van der Waals surface area (Å²) in [7, 11) is 0. The molecule has 2 N–H and O–H groups in total. The van der Waals surface area contributed by atoms with E-state index in [4.69, 9.17) is 15.2 Å². The van der Waals surface area contributed by atoms with Crippen LogP contribution in [0.5, 0.6) is 5.75 Å². The number of hydrogen-bond donors (Lipinski definition) is 1. The Bertz CT molecular complexity index is 432. The van der Waals surface area contributed by atoms with Gasteiger partial charge in [-0.05, 0) is 37.8 Å². The summed E-state index contributed by atoms with van der Waals surface area (Å²) in [6.07, 6.45) is 4.79. The molecule has 4 nitrogen and oxygen atoms in total. The summed E-state index contributed by atoms with van der Waals surface area (Å²) in [5.74, 6) is 0.956. The van der Waals surface area contributed by atoms with E-state index in [2.05, 4.69) is 17.0 Å². The fourth-order valence-corrected chi connectivity index (χ4v) is 3.03. The van der Waals surface area contributed by atoms with E-state index in [1.807, 2.05) is 12.1 Å². The lowest BCUT2D eigenvalue weighted by Crippen LogP contribution is -2.43. The van der Waals surface area contributed by atoms with Gasteiger partial charge in [-0.3, -0.25) is 0 Å². The largest absolute Gasteiger partial charge is 0.489 e. The Morgan fingerprint density at radius 1 is 1.25 bits per heavy atom. The first kappa shape index (κ1) is 13.7. The highest BCUT2D eigenvalue weighted by atomic mass is 16.5. The molecule has 2 atom stereocenters. The van der Waals surface area contributed by atoms with E-state index < -0.39 is 0 Å². The minimum Gasteiger partial charge on any atom is -0.489 e. The molecule has 3 rings (SSSR count). The Morgan fingerprint density at radius 2 is 2.15 bits per heavy atom. The molecule has 2 saturated heterocycles. The predicted molar refractivity (Wildman–Crippen MR) is 80.3 cm³/mol. The second kappa shape index (κ2) is 6.46. The number of nitrogens with two attached hydrogens (primary N) is 1. The van der Waals surface area contributed by atoms with Crippen molar-refractivity contribution in [3.8, 4) is 5.75 Å². The minimum atomic E-state index is 0.256. The molecule has 1 aromatic carbocycles. The normalized spacial score (nSPS) is 26.8. The summed E-state index contributed by atoms with van der Waals surface area (Å²) in [6.45, 7) is 3.50. The van der Waals surface area contributed by atoms with Crippen LogP contribution in [0, 0.1) is 0 Å². The minimum absolute atomic E-state index is 0.256. The summed E-state index contributed by atoms with van der Waals surface area (Å²) < 4.78 is 11.6. The van der Waals surface area contributed by atoms with Crippen LogP contribution in [0.2, 0.25) is 0 Å². The molecule has 2 unspecified atom stereocenters. The Balaban J connectivity index is 1.67. The van der Waals surface area contributed by atoms with Gasteiger partial charge in [0.05, 0.1) is 11.8 Å². The SMILES string of the molecule is NC1CCCN(c2ccccc2OCC2CCCO2)C1. The summed E-state index contributed by atoms with van der Waals surface area (Å²) in [6, 6.07) is 8.54. The zero-order chi connectivity index (χ0) is 13.8. The smallest absolute Gasteiger partial charge is 0.142 e. The Labute approximate surface area is 120 Å². The van der Waals surface area contributed by atoms with E-state index >= 15 is 0 Å². The number of para-hydroxylation sites is 2. The first-order chi connectivity index (χ1) is 9.83. The van der Waals surface area contributed by atoms with E-state index in [9.17, 15) is 0 Å². The maximum Gasteiger partial charge on any atom is 0.142 e. The predicted octanol–water partition coefficient (Wildman–Crippen LogP) is 2.17. The lowest BCUT2D eigenvalue weighted by atomic mass is 10.1. The van der Waals surface area contributed by atoms with Crippen molar-refractivity contribution in [1.29, 1.82) is 0 Å². The van der Waals surface area contributed by atoms with Gasteiger partial charge in [-0.1, -0.05) is 12.1 Å². The number of ether oxygens (including phenoxy) is 2. The molecule has 1 aromatic rings. The van der Waals surface area contributed by atoms with Gasteiger partial charge in [0.25, 0.3) is 0 Å². The topological polar surface area (TPSA) is 47.7 Å². The molecule has 2 aliphatic rings. The number of piperidine rings is 1. The summed E-state index contributed by atoms with van der Waals surface area (Å²) in [4.78, 5) is 2.35. The van der Waals surface area contributed by atoms with E-state index in [1.165, 1.54) is 5.69 Å². The fourth-order valence-electron chi connectivity index (χ4n) is 3.03. The highest BCUT2D eigenvalue weighted by Gasteiger charge is 2.21. The van der Waals surface area contributed by atoms with Crippen molar-refractivity contribution in [2.45, 2.75) is 37.8 Å². The lowest BCUT2D eigenvalue weighted by molar-refractivity contribution is 0.0681. The molecule has 110 valence electrons.